The third-order valence-electron chi connectivity index (χ3n) is 4.13. The molecule has 0 unspecified atom stereocenters. The second-order valence-corrected chi connectivity index (χ2v) is 6.20. The Morgan fingerprint density at radius 1 is 1.41 bits per heavy atom. The first-order valence-corrected chi connectivity index (χ1v) is 7.94. The normalized spacial score (nSPS) is 13.9. The van der Waals surface area contributed by atoms with Crippen LogP contribution in [-0.4, -0.2) is 34.0 Å². The van der Waals surface area contributed by atoms with Crippen LogP contribution in [0.25, 0.3) is 0 Å². The second-order valence-electron chi connectivity index (χ2n) is 5.49. The van der Waals surface area contributed by atoms with Gasteiger partial charge in [-0.15, -0.1) is 0 Å². The summed E-state index contributed by atoms with van der Waals surface area (Å²) in [5.41, 5.74) is 3.83. The molecule has 0 saturated carbocycles. The average molecular weight is 364 g/mol. The predicted octanol–water partition coefficient (Wildman–Crippen LogP) is 2.70. The highest BCUT2D eigenvalue weighted by molar-refractivity contribution is 9.10. The van der Waals surface area contributed by atoms with Crippen molar-refractivity contribution < 1.29 is 9.53 Å². The number of nitrogens with zero attached hydrogens (tertiary/aromatic N) is 3. The number of rotatable bonds is 2. The standard InChI is InChI=1S/C16H18BrN3O2/c1-10-8-11(4-5-14(10)22-3)15(21)20-7-6-12-13(9-20)19(2)16(17)18-12/h4-5,8H,6-7,9H2,1-3H3. The lowest BCUT2D eigenvalue weighted by Crippen LogP contribution is -2.36. The smallest absolute Gasteiger partial charge is 0.254 e. The summed E-state index contributed by atoms with van der Waals surface area (Å²) in [6, 6.07) is 5.55. The van der Waals surface area contributed by atoms with Crippen LogP contribution < -0.4 is 4.74 Å². The Kier molecular flexibility index (Phi) is 3.95. The highest BCUT2D eigenvalue weighted by Gasteiger charge is 2.26. The van der Waals surface area contributed by atoms with Crippen LogP contribution in [0.2, 0.25) is 0 Å². The Labute approximate surface area is 138 Å². The van der Waals surface area contributed by atoms with Crippen LogP contribution in [0.1, 0.15) is 27.3 Å². The number of ether oxygens (including phenoxy) is 1. The quantitative estimate of drug-likeness (QED) is 0.823. The van der Waals surface area contributed by atoms with Crippen molar-refractivity contribution in [1.82, 2.24) is 14.5 Å². The van der Waals surface area contributed by atoms with E-state index in [9.17, 15) is 4.79 Å². The number of imidazole rings is 1. The molecule has 0 aliphatic carbocycles. The van der Waals surface area contributed by atoms with E-state index in [-0.39, 0.29) is 5.91 Å². The van der Waals surface area contributed by atoms with Crippen LogP contribution in [0, 0.1) is 6.92 Å². The minimum atomic E-state index is 0.0497. The zero-order valence-electron chi connectivity index (χ0n) is 12.9. The molecule has 22 heavy (non-hydrogen) atoms. The predicted molar refractivity (Wildman–Crippen MR) is 87.1 cm³/mol. The van der Waals surface area contributed by atoms with E-state index in [0.29, 0.717) is 18.7 Å². The number of halogens is 1. The van der Waals surface area contributed by atoms with Gasteiger partial charge >= 0.3 is 0 Å². The van der Waals surface area contributed by atoms with E-state index in [2.05, 4.69) is 20.9 Å². The Morgan fingerprint density at radius 3 is 2.86 bits per heavy atom. The van der Waals surface area contributed by atoms with Crippen LogP contribution >= 0.6 is 15.9 Å². The average Bonchev–Trinajstić information content (AvgIpc) is 2.81. The summed E-state index contributed by atoms with van der Waals surface area (Å²) in [4.78, 5) is 19.1. The zero-order valence-corrected chi connectivity index (χ0v) is 14.5. The number of fused-ring (bicyclic) bond motifs is 1. The van der Waals surface area contributed by atoms with Gasteiger partial charge in [-0.3, -0.25) is 4.79 Å². The van der Waals surface area contributed by atoms with Gasteiger partial charge in [0.05, 0.1) is 25.0 Å². The first kappa shape index (κ1) is 15.1. The fraction of sp³-hybridized carbons (Fsp3) is 0.375. The summed E-state index contributed by atoms with van der Waals surface area (Å²) in [6.07, 6.45) is 0.787. The second kappa shape index (κ2) is 5.76. The maximum atomic E-state index is 12.7. The van der Waals surface area contributed by atoms with E-state index in [1.807, 2.05) is 41.6 Å². The number of amides is 1. The summed E-state index contributed by atoms with van der Waals surface area (Å²) in [5.74, 6) is 0.849. The van der Waals surface area contributed by atoms with Crippen molar-refractivity contribution in [1.29, 1.82) is 0 Å². The van der Waals surface area contributed by atoms with E-state index in [4.69, 9.17) is 4.74 Å². The zero-order chi connectivity index (χ0) is 15.9. The largest absolute Gasteiger partial charge is 0.496 e. The van der Waals surface area contributed by atoms with Gasteiger partial charge in [-0.2, -0.15) is 0 Å². The first-order valence-electron chi connectivity index (χ1n) is 7.15. The van der Waals surface area contributed by atoms with Crippen molar-refractivity contribution >= 4 is 21.8 Å². The summed E-state index contributed by atoms with van der Waals surface area (Å²) in [6.45, 7) is 3.23. The third-order valence-corrected chi connectivity index (χ3v) is 4.84. The van der Waals surface area contributed by atoms with Gasteiger partial charge < -0.3 is 14.2 Å². The molecule has 0 atom stereocenters. The number of benzene rings is 1. The van der Waals surface area contributed by atoms with Crippen LogP contribution in [0.3, 0.4) is 0 Å². The number of hydrogen-bond acceptors (Lipinski definition) is 3. The fourth-order valence-electron chi connectivity index (χ4n) is 2.82. The number of aromatic nitrogens is 2. The maximum absolute atomic E-state index is 12.7. The van der Waals surface area contributed by atoms with Crippen molar-refractivity contribution in [3.63, 3.8) is 0 Å². The molecule has 1 aromatic heterocycles. The maximum Gasteiger partial charge on any atom is 0.254 e. The van der Waals surface area contributed by atoms with Crippen molar-refractivity contribution in [2.24, 2.45) is 7.05 Å². The van der Waals surface area contributed by atoms with Gasteiger partial charge in [-0.05, 0) is 46.6 Å². The van der Waals surface area contributed by atoms with Crippen molar-refractivity contribution in [2.45, 2.75) is 19.9 Å². The molecule has 5 nitrogen and oxygen atoms in total. The lowest BCUT2D eigenvalue weighted by Gasteiger charge is -2.27. The molecular weight excluding hydrogens is 346 g/mol. The Hall–Kier alpha value is -1.82. The molecule has 1 aliphatic rings. The number of hydrogen-bond donors (Lipinski definition) is 0. The van der Waals surface area contributed by atoms with Gasteiger partial charge in [-0.25, -0.2) is 4.98 Å². The monoisotopic (exact) mass is 363 g/mol. The molecule has 1 aromatic carbocycles. The number of carbonyl (C=O) groups is 1. The SMILES string of the molecule is COc1ccc(C(=O)N2CCc3nc(Br)n(C)c3C2)cc1C. The molecule has 0 saturated heterocycles. The first-order chi connectivity index (χ1) is 10.5. The lowest BCUT2D eigenvalue weighted by molar-refractivity contribution is 0.0730. The molecule has 0 bridgehead atoms. The Bertz CT molecular complexity index is 739. The molecule has 0 spiro atoms. The minimum Gasteiger partial charge on any atom is -0.496 e. The summed E-state index contributed by atoms with van der Waals surface area (Å²) >= 11 is 3.44. The molecule has 3 rings (SSSR count). The van der Waals surface area contributed by atoms with E-state index in [1.54, 1.807) is 7.11 Å². The molecule has 116 valence electrons. The number of carbonyl (C=O) groups excluding carboxylic acids is 1. The van der Waals surface area contributed by atoms with Crippen LogP contribution in [0.5, 0.6) is 5.75 Å². The van der Waals surface area contributed by atoms with Crippen molar-refractivity contribution in [2.75, 3.05) is 13.7 Å². The molecule has 2 aromatic rings. The molecule has 1 amide bonds. The van der Waals surface area contributed by atoms with Crippen LogP contribution in [-0.2, 0) is 20.0 Å². The number of aryl methyl sites for hydroxylation is 1. The Balaban J connectivity index is 1.85. The topological polar surface area (TPSA) is 47.4 Å². The molecule has 0 N–H and O–H groups in total. The molecule has 0 radical (unpaired) electrons. The highest BCUT2D eigenvalue weighted by Crippen LogP contribution is 2.24. The van der Waals surface area contributed by atoms with Crippen molar-refractivity contribution in [3.05, 3.63) is 45.4 Å². The summed E-state index contributed by atoms with van der Waals surface area (Å²) in [7, 11) is 3.59. The minimum absolute atomic E-state index is 0.0497. The molecule has 2 heterocycles. The van der Waals surface area contributed by atoms with Gasteiger partial charge in [0.1, 0.15) is 5.75 Å². The van der Waals surface area contributed by atoms with E-state index < -0.39 is 0 Å². The van der Waals surface area contributed by atoms with E-state index >= 15 is 0 Å². The van der Waals surface area contributed by atoms with Crippen molar-refractivity contribution in [3.8, 4) is 5.75 Å². The van der Waals surface area contributed by atoms with Gasteiger partial charge in [0.25, 0.3) is 5.91 Å². The molecule has 6 heteroatoms. The summed E-state index contributed by atoms with van der Waals surface area (Å²) in [5, 5.41) is 0. The molecule has 0 fully saturated rings. The molecule has 1 aliphatic heterocycles. The van der Waals surface area contributed by atoms with Gasteiger partial charge in [0.2, 0.25) is 0 Å². The van der Waals surface area contributed by atoms with Gasteiger partial charge in [0.15, 0.2) is 4.73 Å². The van der Waals surface area contributed by atoms with Crippen LogP contribution in [0.4, 0.5) is 0 Å². The highest BCUT2D eigenvalue weighted by atomic mass is 79.9. The fourth-order valence-corrected chi connectivity index (χ4v) is 3.25. The molecular formula is C16H18BrN3O2. The number of methoxy groups -OCH3 is 1. The van der Waals surface area contributed by atoms with E-state index in [0.717, 1.165) is 33.9 Å². The Morgan fingerprint density at radius 2 is 2.18 bits per heavy atom. The third kappa shape index (κ3) is 2.52. The summed E-state index contributed by atoms with van der Waals surface area (Å²) < 4.78 is 8.05. The van der Waals surface area contributed by atoms with E-state index in [1.165, 1.54) is 0 Å². The van der Waals surface area contributed by atoms with Crippen LogP contribution in [0.15, 0.2) is 22.9 Å². The van der Waals surface area contributed by atoms with Gasteiger partial charge in [-0.1, -0.05) is 0 Å². The lowest BCUT2D eigenvalue weighted by atomic mass is 10.1. The van der Waals surface area contributed by atoms with Gasteiger partial charge in [0, 0.05) is 25.6 Å².